The number of carboxylic acid groups (broad SMARTS) is 1. The molecule has 0 fully saturated rings. The molecule has 0 aliphatic carbocycles. The number of hydrogen-bond donors (Lipinski definition) is 9. The molecule has 13 N–H and O–H groups in total. The molecule has 0 spiro atoms. The molecule has 0 bridgehead atoms. The number of hydrogen-bond acceptors (Lipinski definition) is 9. The first-order valence-corrected chi connectivity index (χ1v) is 13.5. The van der Waals surface area contributed by atoms with Crippen LogP contribution in [0.1, 0.15) is 37.8 Å². The number of carbonyl (C=O) groups is 5. The molecule has 0 aliphatic rings. The van der Waals surface area contributed by atoms with E-state index in [1.54, 1.807) is 0 Å². The lowest BCUT2D eigenvalue weighted by molar-refractivity contribution is -0.142. The van der Waals surface area contributed by atoms with Crippen molar-refractivity contribution < 1.29 is 29.1 Å². The second-order valence-corrected chi connectivity index (χ2v) is 9.63. The molecule has 4 atom stereocenters. The number of carbonyl (C=O) groups excluding carboxylic acids is 4. The van der Waals surface area contributed by atoms with E-state index in [-0.39, 0.29) is 44.6 Å². The topological polar surface area (TPSA) is 287 Å². The van der Waals surface area contributed by atoms with E-state index in [1.807, 2.05) is 6.26 Å². The molecule has 16 nitrogen and oxygen atoms in total. The van der Waals surface area contributed by atoms with Crippen molar-refractivity contribution in [3.8, 4) is 0 Å². The lowest BCUT2D eigenvalue weighted by Gasteiger charge is -2.25. The number of nitrogens with two attached hydrogens (primary N) is 4. The number of aromatic amines is 1. The number of amides is 4. The number of imidazole rings is 1. The molecule has 0 aromatic carbocycles. The minimum Gasteiger partial charge on any atom is -0.480 e. The number of carboxylic acids is 1. The van der Waals surface area contributed by atoms with Crippen LogP contribution in [0.15, 0.2) is 17.5 Å². The summed E-state index contributed by atoms with van der Waals surface area (Å²) in [7, 11) is 0. The number of aliphatic imine (C=N–C) groups is 1. The lowest BCUT2D eigenvalue weighted by atomic mass is 10.1. The van der Waals surface area contributed by atoms with Crippen molar-refractivity contribution in [3.05, 3.63) is 18.2 Å². The number of aliphatic carboxylic acids is 1. The summed E-state index contributed by atoms with van der Waals surface area (Å²) in [6.07, 6.45) is 4.96. The minimum atomic E-state index is -1.42. The van der Waals surface area contributed by atoms with Crippen LogP contribution in [0.3, 0.4) is 0 Å². The van der Waals surface area contributed by atoms with Crippen LogP contribution in [0.4, 0.5) is 0 Å². The minimum absolute atomic E-state index is 0.0194. The number of aromatic nitrogens is 2. The SMILES string of the molecule is CSCCC(N)C(=O)NC(Cc1cnc[nH]1)C(=O)NC(CCCN=C(N)N)C(=O)NC(CCC(N)=O)C(=O)O. The zero-order chi connectivity index (χ0) is 29.4. The Morgan fingerprint density at radius 3 is 2.21 bits per heavy atom. The highest BCUT2D eigenvalue weighted by Crippen LogP contribution is 2.06. The van der Waals surface area contributed by atoms with Crippen molar-refractivity contribution in [2.45, 2.75) is 62.7 Å². The van der Waals surface area contributed by atoms with Crippen LogP contribution in [0, 0.1) is 0 Å². The largest absolute Gasteiger partial charge is 0.480 e. The summed E-state index contributed by atoms with van der Waals surface area (Å²) in [6, 6.07) is -4.61. The van der Waals surface area contributed by atoms with Gasteiger partial charge >= 0.3 is 5.97 Å². The van der Waals surface area contributed by atoms with E-state index in [9.17, 15) is 29.1 Å². The van der Waals surface area contributed by atoms with Crippen molar-refractivity contribution in [2.75, 3.05) is 18.6 Å². The summed E-state index contributed by atoms with van der Waals surface area (Å²) < 4.78 is 0. The normalized spacial score (nSPS) is 13.8. The highest BCUT2D eigenvalue weighted by atomic mass is 32.2. The van der Waals surface area contributed by atoms with E-state index in [0.717, 1.165) is 0 Å². The molecule has 4 amide bonds. The van der Waals surface area contributed by atoms with E-state index in [2.05, 4.69) is 30.9 Å². The molecule has 0 aliphatic heterocycles. The van der Waals surface area contributed by atoms with Crippen LogP contribution in [0.2, 0.25) is 0 Å². The molecular weight excluding hydrogens is 532 g/mol. The predicted molar refractivity (Wildman–Crippen MR) is 145 cm³/mol. The van der Waals surface area contributed by atoms with Crippen LogP contribution < -0.4 is 38.9 Å². The van der Waals surface area contributed by atoms with Gasteiger partial charge in [0.25, 0.3) is 0 Å². The van der Waals surface area contributed by atoms with Gasteiger partial charge in [-0.2, -0.15) is 11.8 Å². The van der Waals surface area contributed by atoms with E-state index in [4.69, 9.17) is 22.9 Å². The van der Waals surface area contributed by atoms with Crippen LogP contribution in [-0.4, -0.2) is 93.4 Å². The molecule has 17 heteroatoms. The zero-order valence-corrected chi connectivity index (χ0v) is 22.5. The standard InChI is InChI=1S/C22H38N10O6S/c1-39-8-6-13(23)18(34)32-16(9-12-10-27-11-29-12)20(36)30-14(3-2-7-28-22(25)26)19(35)31-15(21(37)38)4-5-17(24)33/h10-11,13-16H,2-9,23H2,1H3,(H2,24,33)(H,27,29)(H,30,36)(H,31,35)(H,32,34)(H,37,38)(H4,25,26,28). The van der Waals surface area contributed by atoms with Crippen LogP contribution in [0.5, 0.6) is 0 Å². The molecule has 0 radical (unpaired) electrons. The Balaban J connectivity index is 3.08. The highest BCUT2D eigenvalue weighted by molar-refractivity contribution is 7.98. The van der Waals surface area contributed by atoms with Gasteiger partial charge in [0, 0.05) is 31.3 Å². The number of nitrogens with zero attached hydrogens (tertiary/aromatic N) is 2. The Hall–Kier alpha value is -3.86. The summed E-state index contributed by atoms with van der Waals surface area (Å²) >= 11 is 1.52. The van der Waals surface area contributed by atoms with Gasteiger partial charge in [-0.05, 0) is 37.7 Å². The fourth-order valence-electron chi connectivity index (χ4n) is 3.34. The van der Waals surface area contributed by atoms with Gasteiger partial charge in [0.2, 0.25) is 23.6 Å². The van der Waals surface area contributed by atoms with Gasteiger partial charge in [-0.1, -0.05) is 0 Å². The third kappa shape index (κ3) is 13.5. The molecule has 1 rings (SSSR count). The number of primary amides is 1. The van der Waals surface area contributed by atoms with Crippen molar-refractivity contribution in [3.63, 3.8) is 0 Å². The van der Waals surface area contributed by atoms with E-state index < -0.39 is 53.8 Å². The van der Waals surface area contributed by atoms with Crippen molar-refractivity contribution in [1.82, 2.24) is 25.9 Å². The summed E-state index contributed by atoms with van der Waals surface area (Å²) in [5.41, 5.74) is 22.2. The lowest BCUT2D eigenvalue weighted by Crippen LogP contribution is -2.57. The third-order valence-corrected chi connectivity index (χ3v) is 6.10. The number of rotatable bonds is 19. The predicted octanol–water partition coefficient (Wildman–Crippen LogP) is -3.11. The Morgan fingerprint density at radius 1 is 1.00 bits per heavy atom. The second kappa shape index (κ2) is 17.6. The summed E-state index contributed by atoms with van der Waals surface area (Å²) in [4.78, 5) is 72.3. The fraction of sp³-hybridized carbons (Fsp3) is 0.591. The van der Waals surface area contributed by atoms with Crippen LogP contribution >= 0.6 is 11.8 Å². The van der Waals surface area contributed by atoms with Crippen LogP contribution in [0.25, 0.3) is 0 Å². The van der Waals surface area contributed by atoms with Crippen molar-refractivity contribution >= 4 is 47.3 Å². The quantitative estimate of drug-likeness (QED) is 0.0455. The molecule has 218 valence electrons. The molecule has 39 heavy (non-hydrogen) atoms. The first-order chi connectivity index (χ1) is 18.4. The van der Waals surface area contributed by atoms with E-state index >= 15 is 0 Å². The Morgan fingerprint density at radius 2 is 1.64 bits per heavy atom. The fourth-order valence-corrected chi connectivity index (χ4v) is 3.83. The Labute approximate surface area is 229 Å². The number of nitrogens with one attached hydrogen (secondary N) is 4. The highest BCUT2D eigenvalue weighted by Gasteiger charge is 2.30. The maximum atomic E-state index is 13.3. The average Bonchev–Trinajstić information content (AvgIpc) is 3.38. The summed E-state index contributed by atoms with van der Waals surface area (Å²) in [6.45, 7) is 0.143. The number of H-pyrrole nitrogens is 1. The van der Waals surface area contributed by atoms with E-state index in [0.29, 0.717) is 17.9 Å². The van der Waals surface area contributed by atoms with Gasteiger partial charge in [0.1, 0.15) is 18.1 Å². The monoisotopic (exact) mass is 570 g/mol. The molecule has 0 saturated heterocycles. The zero-order valence-electron chi connectivity index (χ0n) is 21.7. The van der Waals surface area contributed by atoms with E-state index in [1.165, 1.54) is 24.3 Å². The van der Waals surface area contributed by atoms with Crippen molar-refractivity contribution in [2.24, 2.45) is 27.9 Å². The average molecular weight is 571 g/mol. The second-order valence-electron chi connectivity index (χ2n) is 8.64. The molecule has 0 saturated carbocycles. The van der Waals surface area contributed by atoms with Gasteiger partial charge in [0.15, 0.2) is 5.96 Å². The maximum Gasteiger partial charge on any atom is 0.326 e. The molecule has 1 aromatic heterocycles. The van der Waals surface area contributed by atoms with Gasteiger partial charge < -0.3 is 49.0 Å². The van der Waals surface area contributed by atoms with Gasteiger partial charge in [-0.15, -0.1) is 0 Å². The summed E-state index contributed by atoms with van der Waals surface area (Å²) in [5, 5.41) is 17.0. The first kappa shape index (κ1) is 33.2. The molecule has 1 heterocycles. The van der Waals surface area contributed by atoms with Crippen molar-refractivity contribution in [1.29, 1.82) is 0 Å². The van der Waals surface area contributed by atoms with Gasteiger partial charge in [-0.3, -0.25) is 24.2 Å². The maximum absolute atomic E-state index is 13.3. The van der Waals surface area contributed by atoms with Gasteiger partial charge in [0.05, 0.1) is 12.4 Å². The molecular formula is C22H38N10O6S. The number of guanidine groups is 1. The van der Waals surface area contributed by atoms with Crippen LogP contribution in [-0.2, 0) is 30.4 Å². The Kier molecular flexibility index (Phi) is 15.0. The smallest absolute Gasteiger partial charge is 0.326 e. The third-order valence-electron chi connectivity index (χ3n) is 5.45. The van der Waals surface area contributed by atoms with Gasteiger partial charge in [-0.25, -0.2) is 9.78 Å². The number of thioether (sulfide) groups is 1. The molecule has 1 aromatic rings. The Bertz CT molecular complexity index is 986. The first-order valence-electron chi connectivity index (χ1n) is 12.1. The summed E-state index contributed by atoms with van der Waals surface area (Å²) in [5.74, 6) is -3.68. The molecule has 4 unspecified atom stereocenters.